The van der Waals surface area contributed by atoms with Crippen molar-refractivity contribution in [2.75, 3.05) is 12.3 Å². The molecule has 0 aromatic carbocycles. The molecule has 0 unspecified atom stereocenters. The third-order valence-corrected chi connectivity index (χ3v) is 7.36. The van der Waals surface area contributed by atoms with Crippen LogP contribution in [0.3, 0.4) is 0 Å². The third kappa shape index (κ3) is 4.31. The van der Waals surface area contributed by atoms with Gasteiger partial charge in [0.05, 0.1) is 23.9 Å². The largest absolute Gasteiger partial charge is 0.390 e. The molecule has 164 valence electrons. The Hall–Kier alpha value is -2.14. The van der Waals surface area contributed by atoms with Crippen molar-refractivity contribution in [1.82, 2.24) is 24.1 Å². The minimum absolute atomic E-state index is 0.0646. The Morgan fingerprint density at radius 2 is 2.07 bits per heavy atom. The van der Waals surface area contributed by atoms with E-state index in [0.29, 0.717) is 5.92 Å². The van der Waals surface area contributed by atoms with E-state index < -0.39 is 28.4 Å². The van der Waals surface area contributed by atoms with Crippen molar-refractivity contribution in [2.45, 2.75) is 44.7 Å². The molecule has 0 bridgehead atoms. The lowest BCUT2D eigenvalue weighted by Crippen LogP contribution is -2.32. The van der Waals surface area contributed by atoms with Gasteiger partial charge >= 0.3 is 6.18 Å². The zero-order valence-electron chi connectivity index (χ0n) is 16.5. The molecule has 30 heavy (non-hydrogen) atoms. The predicted octanol–water partition coefficient (Wildman–Crippen LogP) is 3.60. The van der Waals surface area contributed by atoms with E-state index in [-0.39, 0.29) is 18.4 Å². The van der Waals surface area contributed by atoms with Crippen molar-refractivity contribution in [3.8, 4) is 0 Å². The lowest BCUT2D eigenvalue weighted by molar-refractivity contribution is -0.129. The van der Waals surface area contributed by atoms with Crippen molar-refractivity contribution >= 4 is 26.8 Å². The second kappa shape index (κ2) is 7.84. The Labute approximate surface area is 172 Å². The Kier molecular flexibility index (Phi) is 5.52. The molecule has 2 N–H and O–H groups in total. The molecule has 1 fully saturated rings. The summed E-state index contributed by atoms with van der Waals surface area (Å²) in [7, 11) is -3.95. The molecule has 0 saturated heterocycles. The SMILES string of the molecule is CC[C@@H]1C[C@@H](CNS(=O)(=O)CCC(F)(F)F)C[C@@H]1c1cnc2cnc3[nH]ccc3n12. The third-order valence-electron chi connectivity index (χ3n) is 6.01. The van der Waals surface area contributed by atoms with Gasteiger partial charge in [0.15, 0.2) is 11.3 Å². The number of rotatable bonds is 7. The summed E-state index contributed by atoms with van der Waals surface area (Å²) < 4.78 is 65.4. The quantitative estimate of drug-likeness (QED) is 0.584. The molecule has 3 aromatic rings. The number of hydrogen-bond acceptors (Lipinski definition) is 4. The van der Waals surface area contributed by atoms with Crippen LogP contribution >= 0.6 is 0 Å². The highest BCUT2D eigenvalue weighted by atomic mass is 32.2. The van der Waals surface area contributed by atoms with E-state index in [1.54, 1.807) is 6.20 Å². The number of nitrogens with zero attached hydrogens (tertiary/aromatic N) is 3. The second-order valence-corrected chi connectivity index (χ2v) is 9.92. The first-order chi connectivity index (χ1) is 14.2. The number of aromatic nitrogens is 4. The maximum absolute atomic E-state index is 12.3. The molecule has 3 heterocycles. The highest BCUT2D eigenvalue weighted by Crippen LogP contribution is 2.45. The average Bonchev–Trinajstić information content (AvgIpc) is 3.40. The monoisotopic (exact) mass is 443 g/mol. The van der Waals surface area contributed by atoms with Crippen molar-refractivity contribution in [3.63, 3.8) is 0 Å². The van der Waals surface area contributed by atoms with Crippen molar-refractivity contribution < 1.29 is 21.6 Å². The summed E-state index contributed by atoms with van der Waals surface area (Å²) in [4.78, 5) is 11.9. The molecule has 1 aliphatic carbocycles. The number of halogens is 3. The summed E-state index contributed by atoms with van der Waals surface area (Å²) in [6, 6.07) is 1.95. The number of alkyl halides is 3. The Bertz CT molecular complexity index is 1140. The first kappa shape index (κ1) is 21.1. The second-order valence-electron chi connectivity index (χ2n) is 7.99. The molecule has 3 atom stereocenters. The number of sulfonamides is 1. The van der Waals surface area contributed by atoms with Gasteiger partial charge in [0.1, 0.15) is 0 Å². The van der Waals surface area contributed by atoms with Crippen LogP contribution in [0, 0.1) is 11.8 Å². The van der Waals surface area contributed by atoms with Crippen LogP contribution in [-0.2, 0) is 10.0 Å². The van der Waals surface area contributed by atoms with Crippen molar-refractivity contribution in [2.24, 2.45) is 11.8 Å². The van der Waals surface area contributed by atoms with E-state index in [2.05, 4.69) is 31.0 Å². The Balaban J connectivity index is 1.50. The normalized spacial score (nSPS) is 23.0. The van der Waals surface area contributed by atoms with Gasteiger partial charge in [0.25, 0.3) is 0 Å². The fraction of sp³-hybridized carbons (Fsp3) is 0.579. The molecule has 1 saturated carbocycles. The summed E-state index contributed by atoms with van der Waals surface area (Å²) >= 11 is 0. The topological polar surface area (TPSA) is 92.2 Å². The minimum Gasteiger partial charge on any atom is -0.345 e. The van der Waals surface area contributed by atoms with Gasteiger partial charge in [0, 0.05) is 30.6 Å². The summed E-state index contributed by atoms with van der Waals surface area (Å²) in [5.74, 6) is -0.336. The van der Waals surface area contributed by atoms with E-state index in [4.69, 9.17) is 0 Å². The van der Waals surface area contributed by atoms with Gasteiger partial charge in [-0.1, -0.05) is 13.3 Å². The summed E-state index contributed by atoms with van der Waals surface area (Å²) in [5, 5.41) is 0. The number of hydrogen-bond donors (Lipinski definition) is 2. The maximum atomic E-state index is 12.3. The van der Waals surface area contributed by atoms with Crippen LogP contribution < -0.4 is 4.72 Å². The van der Waals surface area contributed by atoms with E-state index in [1.165, 1.54) is 0 Å². The Morgan fingerprint density at radius 1 is 1.27 bits per heavy atom. The fourth-order valence-electron chi connectivity index (χ4n) is 4.54. The molecular weight excluding hydrogens is 419 g/mol. The van der Waals surface area contributed by atoms with Gasteiger partial charge in [-0.05, 0) is 30.7 Å². The molecule has 0 spiro atoms. The first-order valence-electron chi connectivity index (χ1n) is 10.0. The molecule has 11 heteroatoms. The molecule has 0 radical (unpaired) electrons. The average molecular weight is 443 g/mol. The fourth-order valence-corrected chi connectivity index (χ4v) is 5.68. The number of H-pyrrole nitrogens is 1. The van der Waals surface area contributed by atoms with Crippen LogP contribution in [0.15, 0.2) is 24.7 Å². The highest BCUT2D eigenvalue weighted by Gasteiger charge is 2.37. The van der Waals surface area contributed by atoms with E-state index in [9.17, 15) is 21.6 Å². The summed E-state index contributed by atoms with van der Waals surface area (Å²) in [6.45, 7) is 2.26. The van der Waals surface area contributed by atoms with Crippen molar-refractivity contribution in [1.29, 1.82) is 0 Å². The molecule has 3 aromatic heterocycles. The van der Waals surface area contributed by atoms with Crippen LogP contribution in [0.5, 0.6) is 0 Å². The van der Waals surface area contributed by atoms with Crippen LogP contribution in [0.4, 0.5) is 13.2 Å². The van der Waals surface area contributed by atoms with Gasteiger partial charge in [-0.15, -0.1) is 0 Å². The van der Waals surface area contributed by atoms with Crippen LogP contribution in [0.1, 0.15) is 44.2 Å². The molecule has 7 nitrogen and oxygen atoms in total. The Morgan fingerprint density at radius 3 is 2.80 bits per heavy atom. The number of imidazole rings is 1. The predicted molar refractivity (Wildman–Crippen MR) is 107 cm³/mol. The lowest BCUT2D eigenvalue weighted by atomic mass is 9.91. The maximum Gasteiger partial charge on any atom is 0.390 e. The number of nitrogens with one attached hydrogen (secondary N) is 2. The van der Waals surface area contributed by atoms with Gasteiger partial charge in [-0.25, -0.2) is 23.1 Å². The zero-order chi connectivity index (χ0) is 21.5. The summed E-state index contributed by atoms with van der Waals surface area (Å²) in [5.41, 5.74) is 3.52. The van der Waals surface area contributed by atoms with Crippen LogP contribution in [0.2, 0.25) is 0 Å². The molecule has 0 amide bonds. The van der Waals surface area contributed by atoms with Crippen LogP contribution in [-0.4, -0.2) is 46.2 Å². The highest BCUT2D eigenvalue weighted by molar-refractivity contribution is 7.89. The van der Waals surface area contributed by atoms with E-state index in [1.807, 2.05) is 18.5 Å². The molecular formula is C19H24F3N5O2S. The number of fused-ring (bicyclic) bond motifs is 3. The van der Waals surface area contributed by atoms with Crippen LogP contribution in [0.25, 0.3) is 16.8 Å². The molecule has 0 aliphatic heterocycles. The smallest absolute Gasteiger partial charge is 0.345 e. The van der Waals surface area contributed by atoms with Crippen molar-refractivity contribution in [3.05, 3.63) is 30.4 Å². The lowest BCUT2D eigenvalue weighted by Gasteiger charge is -2.17. The minimum atomic E-state index is -4.48. The van der Waals surface area contributed by atoms with Gasteiger partial charge in [-0.3, -0.25) is 4.40 Å². The van der Waals surface area contributed by atoms with E-state index in [0.717, 1.165) is 41.8 Å². The van der Waals surface area contributed by atoms with Gasteiger partial charge in [0.2, 0.25) is 10.0 Å². The zero-order valence-corrected chi connectivity index (χ0v) is 17.3. The van der Waals surface area contributed by atoms with E-state index >= 15 is 0 Å². The van der Waals surface area contributed by atoms with Gasteiger partial charge < -0.3 is 4.98 Å². The standard InChI is InChI=1S/C19H24F3N5O2S/c1-2-13-7-12(9-26-30(28,29)6-4-19(20,21)22)8-14(13)16-10-24-17-11-25-18-15(27(16)17)3-5-23-18/h3,5,10-14,23,26H,2,4,6-9H2,1H3/t12-,13-,14+/m1/s1. The number of aromatic amines is 1. The summed E-state index contributed by atoms with van der Waals surface area (Å²) in [6.07, 6.45) is 2.07. The first-order valence-corrected chi connectivity index (χ1v) is 11.7. The van der Waals surface area contributed by atoms with Gasteiger partial charge in [-0.2, -0.15) is 13.2 Å². The molecule has 4 rings (SSSR count). The molecule has 1 aliphatic rings.